The lowest BCUT2D eigenvalue weighted by molar-refractivity contribution is -0.143. The van der Waals surface area contributed by atoms with Crippen LogP contribution in [0.1, 0.15) is 40.5 Å². The normalized spacial score (nSPS) is 16.1. The average molecular weight is 418 g/mol. The molecule has 0 heterocycles. The van der Waals surface area contributed by atoms with Gasteiger partial charge in [0.05, 0.1) is 12.1 Å². The Morgan fingerprint density at radius 3 is 1.83 bits per heavy atom. The lowest BCUT2D eigenvalue weighted by Crippen LogP contribution is -2.59. The van der Waals surface area contributed by atoms with Crippen LogP contribution in [0.5, 0.6) is 0 Å². The molecule has 8 N–H and O–H groups in total. The summed E-state index contributed by atoms with van der Waals surface area (Å²) < 4.78 is 0. The molecular weight excluding hydrogens is 388 g/mol. The van der Waals surface area contributed by atoms with E-state index in [2.05, 4.69) is 16.0 Å². The molecule has 0 aliphatic rings. The van der Waals surface area contributed by atoms with Gasteiger partial charge in [0.2, 0.25) is 17.7 Å². The smallest absolute Gasteiger partial charge is 0.326 e. The number of rotatable bonds is 12. The van der Waals surface area contributed by atoms with E-state index in [1.807, 2.05) is 0 Å². The van der Waals surface area contributed by atoms with Crippen molar-refractivity contribution < 1.29 is 39.3 Å². The molecule has 12 heteroatoms. The van der Waals surface area contributed by atoms with E-state index in [1.165, 1.54) is 13.8 Å². The molecule has 0 saturated heterocycles. The van der Waals surface area contributed by atoms with Crippen LogP contribution in [-0.2, 0) is 24.0 Å². The Morgan fingerprint density at radius 1 is 0.862 bits per heavy atom. The van der Waals surface area contributed by atoms with Crippen molar-refractivity contribution >= 4 is 29.7 Å². The SMILES string of the molecule is CC(NC(=O)C(NC(=O)C(N)C(C)C)C(C)O)C(=O)NC(CCC(=O)O)C(=O)O. The summed E-state index contributed by atoms with van der Waals surface area (Å²) in [7, 11) is 0. The predicted molar refractivity (Wildman–Crippen MR) is 100 cm³/mol. The van der Waals surface area contributed by atoms with Gasteiger partial charge in [0.25, 0.3) is 0 Å². The summed E-state index contributed by atoms with van der Waals surface area (Å²) in [4.78, 5) is 58.3. The number of carboxylic acids is 2. The third-order valence-corrected chi connectivity index (χ3v) is 4.10. The fraction of sp³-hybridized carbons (Fsp3) is 0.706. The Kier molecular flexibility index (Phi) is 10.8. The van der Waals surface area contributed by atoms with Gasteiger partial charge in [0.15, 0.2) is 0 Å². The number of aliphatic hydroxyl groups excluding tert-OH is 1. The zero-order valence-corrected chi connectivity index (χ0v) is 16.8. The quantitative estimate of drug-likeness (QED) is 0.183. The van der Waals surface area contributed by atoms with Crippen LogP contribution in [-0.4, -0.2) is 75.3 Å². The molecule has 0 aliphatic heterocycles. The van der Waals surface area contributed by atoms with E-state index in [0.29, 0.717) is 0 Å². The first kappa shape index (κ1) is 26.3. The van der Waals surface area contributed by atoms with E-state index in [4.69, 9.17) is 15.9 Å². The Balaban J connectivity index is 4.99. The van der Waals surface area contributed by atoms with Crippen molar-refractivity contribution in [3.05, 3.63) is 0 Å². The van der Waals surface area contributed by atoms with Crippen LogP contribution in [0.2, 0.25) is 0 Å². The van der Waals surface area contributed by atoms with Crippen LogP contribution in [0.4, 0.5) is 0 Å². The van der Waals surface area contributed by atoms with E-state index in [1.54, 1.807) is 13.8 Å². The second-order valence-corrected chi connectivity index (χ2v) is 7.06. The first-order valence-corrected chi connectivity index (χ1v) is 9.07. The standard InChI is InChI=1S/C17H30N4O8/c1-7(2)12(18)15(26)21-13(9(4)22)16(27)19-8(3)14(25)20-10(17(28)29)5-6-11(23)24/h7-10,12-13,22H,5-6,18H2,1-4H3,(H,19,27)(H,20,25)(H,21,26)(H,23,24)(H,28,29). The maximum absolute atomic E-state index is 12.4. The summed E-state index contributed by atoms with van der Waals surface area (Å²) in [5.74, 6) is -5.25. The molecule has 12 nitrogen and oxygen atoms in total. The molecule has 3 amide bonds. The van der Waals surface area contributed by atoms with Crippen LogP contribution in [0.15, 0.2) is 0 Å². The second kappa shape index (κ2) is 12.0. The topological polar surface area (TPSA) is 208 Å². The van der Waals surface area contributed by atoms with Crippen molar-refractivity contribution in [2.45, 2.75) is 70.8 Å². The Bertz CT molecular complexity index is 623. The highest BCUT2D eigenvalue weighted by Gasteiger charge is 2.31. The third kappa shape index (κ3) is 9.34. The van der Waals surface area contributed by atoms with Crippen LogP contribution >= 0.6 is 0 Å². The molecule has 29 heavy (non-hydrogen) atoms. The Morgan fingerprint density at radius 2 is 1.41 bits per heavy atom. The van der Waals surface area contributed by atoms with Crippen LogP contribution in [0.25, 0.3) is 0 Å². The van der Waals surface area contributed by atoms with Gasteiger partial charge in [0.1, 0.15) is 18.1 Å². The highest BCUT2D eigenvalue weighted by Crippen LogP contribution is 2.02. The van der Waals surface area contributed by atoms with Crippen LogP contribution < -0.4 is 21.7 Å². The fourth-order valence-corrected chi connectivity index (χ4v) is 2.15. The molecule has 0 radical (unpaired) electrons. The largest absolute Gasteiger partial charge is 0.481 e. The summed E-state index contributed by atoms with van der Waals surface area (Å²) in [5.41, 5.74) is 5.70. The molecule has 0 rings (SSSR count). The van der Waals surface area contributed by atoms with Gasteiger partial charge in [-0.05, 0) is 26.2 Å². The first-order valence-electron chi connectivity index (χ1n) is 9.07. The molecule has 166 valence electrons. The number of nitrogens with one attached hydrogen (secondary N) is 3. The van der Waals surface area contributed by atoms with Crippen molar-refractivity contribution in [1.82, 2.24) is 16.0 Å². The van der Waals surface area contributed by atoms with Gasteiger partial charge in [-0.15, -0.1) is 0 Å². The van der Waals surface area contributed by atoms with Gasteiger partial charge in [-0.25, -0.2) is 4.79 Å². The molecule has 0 fully saturated rings. The van der Waals surface area contributed by atoms with Gasteiger partial charge in [-0.2, -0.15) is 0 Å². The zero-order chi connectivity index (χ0) is 22.9. The van der Waals surface area contributed by atoms with E-state index >= 15 is 0 Å². The summed E-state index contributed by atoms with van der Waals surface area (Å²) in [5, 5.41) is 34.2. The summed E-state index contributed by atoms with van der Waals surface area (Å²) >= 11 is 0. The number of aliphatic hydroxyl groups is 1. The van der Waals surface area contributed by atoms with Crippen molar-refractivity contribution in [2.75, 3.05) is 0 Å². The van der Waals surface area contributed by atoms with Crippen molar-refractivity contribution in [3.8, 4) is 0 Å². The monoisotopic (exact) mass is 418 g/mol. The Hall–Kier alpha value is -2.73. The van der Waals surface area contributed by atoms with Crippen LogP contribution in [0, 0.1) is 5.92 Å². The van der Waals surface area contributed by atoms with Gasteiger partial charge >= 0.3 is 11.9 Å². The highest BCUT2D eigenvalue weighted by molar-refractivity contribution is 5.94. The summed E-state index contributed by atoms with van der Waals surface area (Å²) in [6, 6.07) is -4.96. The molecule has 0 aromatic carbocycles. The van der Waals surface area contributed by atoms with Crippen molar-refractivity contribution in [1.29, 1.82) is 0 Å². The van der Waals surface area contributed by atoms with E-state index in [0.717, 1.165) is 0 Å². The van der Waals surface area contributed by atoms with Crippen LogP contribution in [0.3, 0.4) is 0 Å². The lowest BCUT2D eigenvalue weighted by atomic mass is 10.0. The molecule has 5 unspecified atom stereocenters. The van der Waals surface area contributed by atoms with Gasteiger partial charge in [-0.1, -0.05) is 13.8 Å². The van der Waals surface area contributed by atoms with E-state index in [-0.39, 0.29) is 12.3 Å². The van der Waals surface area contributed by atoms with Crippen molar-refractivity contribution in [3.63, 3.8) is 0 Å². The third-order valence-electron chi connectivity index (χ3n) is 4.10. The summed E-state index contributed by atoms with van der Waals surface area (Å²) in [6.45, 7) is 5.95. The molecule has 0 spiro atoms. The number of carboxylic acid groups (broad SMARTS) is 2. The number of hydrogen-bond acceptors (Lipinski definition) is 7. The van der Waals surface area contributed by atoms with E-state index < -0.39 is 66.4 Å². The molecule has 0 saturated carbocycles. The lowest BCUT2D eigenvalue weighted by Gasteiger charge is -2.25. The summed E-state index contributed by atoms with van der Waals surface area (Å²) in [6.07, 6.45) is -2.10. The molecule has 0 aromatic heterocycles. The zero-order valence-electron chi connectivity index (χ0n) is 16.8. The number of nitrogens with two attached hydrogens (primary N) is 1. The minimum Gasteiger partial charge on any atom is -0.481 e. The maximum atomic E-state index is 12.4. The predicted octanol–water partition coefficient (Wildman–Crippen LogP) is -2.23. The molecule has 0 bridgehead atoms. The Labute approximate surface area is 168 Å². The second-order valence-electron chi connectivity index (χ2n) is 7.06. The number of amides is 3. The minimum absolute atomic E-state index is 0.212. The van der Waals surface area contributed by atoms with E-state index in [9.17, 15) is 29.1 Å². The number of carbonyl (C=O) groups excluding carboxylic acids is 3. The molecule has 0 aliphatic carbocycles. The molecule has 5 atom stereocenters. The minimum atomic E-state index is -1.45. The van der Waals surface area contributed by atoms with Gasteiger partial charge < -0.3 is 37.0 Å². The number of aliphatic carboxylic acids is 2. The highest BCUT2D eigenvalue weighted by atomic mass is 16.4. The maximum Gasteiger partial charge on any atom is 0.326 e. The first-order chi connectivity index (χ1) is 13.3. The fourth-order valence-electron chi connectivity index (χ4n) is 2.15. The average Bonchev–Trinajstić information content (AvgIpc) is 2.60. The molecule has 0 aromatic rings. The van der Waals surface area contributed by atoms with Gasteiger partial charge in [0, 0.05) is 6.42 Å². The molecular formula is C17H30N4O8. The number of hydrogen-bond donors (Lipinski definition) is 7. The number of carbonyl (C=O) groups is 5. The van der Waals surface area contributed by atoms with Gasteiger partial charge in [-0.3, -0.25) is 19.2 Å². The van der Waals surface area contributed by atoms with Crippen molar-refractivity contribution in [2.24, 2.45) is 11.7 Å².